The van der Waals surface area contributed by atoms with Gasteiger partial charge in [0.15, 0.2) is 0 Å². The topological polar surface area (TPSA) is 0 Å². The summed E-state index contributed by atoms with van der Waals surface area (Å²) in [5.41, 5.74) is 15.5. The van der Waals surface area contributed by atoms with Crippen molar-refractivity contribution in [3.63, 3.8) is 0 Å². The first-order valence-electron chi connectivity index (χ1n) is 20.0. The van der Waals surface area contributed by atoms with Crippen LogP contribution in [0.3, 0.4) is 0 Å². The molecule has 0 nitrogen and oxygen atoms in total. The predicted octanol–water partition coefficient (Wildman–Crippen LogP) is 15.1. The lowest BCUT2D eigenvalue weighted by molar-refractivity contribution is 0.795. The maximum absolute atomic E-state index is 2.54. The first-order chi connectivity index (χ1) is 28.3. The largest absolute Gasteiger partial charge is 0.0725 e. The normalized spacial score (nSPS) is 13.4. The lowest BCUT2D eigenvalue weighted by atomic mass is 9.70. The highest BCUT2D eigenvalue weighted by Gasteiger charge is 2.52. The van der Waals surface area contributed by atoms with Gasteiger partial charge >= 0.3 is 0 Å². The average Bonchev–Trinajstić information content (AvgIpc) is 3.74. The van der Waals surface area contributed by atoms with Crippen LogP contribution < -0.4 is 0 Å². The Balaban J connectivity index is 1.12. The maximum atomic E-state index is 2.54. The van der Waals surface area contributed by atoms with Crippen LogP contribution in [0.5, 0.6) is 0 Å². The predicted molar refractivity (Wildman–Crippen MR) is 241 cm³/mol. The highest BCUT2D eigenvalue weighted by Crippen LogP contribution is 2.64. The highest BCUT2D eigenvalue weighted by molar-refractivity contribution is 6.24. The number of benzene rings is 11. The lowest BCUT2D eigenvalue weighted by Crippen LogP contribution is -2.25. The Kier molecular flexibility index (Phi) is 6.19. The van der Waals surface area contributed by atoms with Crippen molar-refractivity contribution in [2.24, 2.45) is 0 Å². The number of hydrogen-bond donors (Lipinski definition) is 0. The van der Waals surface area contributed by atoms with Crippen LogP contribution in [-0.2, 0) is 5.41 Å². The van der Waals surface area contributed by atoms with Crippen LogP contribution >= 0.6 is 0 Å². The Morgan fingerprint density at radius 2 is 0.737 bits per heavy atom. The molecule has 0 N–H and O–H groups in total. The van der Waals surface area contributed by atoms with Crippen molar-refractivity contribution >= 4 is 53.9 Å². The minimum atomic E-state index is -0.411. The van der Waals surface area contributed by atoms with Gasteiger partial charge in [0.1, 0.15) is 0 Å². The zero-order valence-electron chi connectivity index (χ0n) is 31.1. The van der Waals surface area contributed by atoms with E-state index in [2.05, 4.69) is 206 Å². The molecule has 2 aliphatic rings. The summed E-state index contributed by atoms with van der Waals surface area (Å²) in [5, 5.41) is 12.7. The molecule has 0 atom stereocenters. The molecule has 0 saturated carbocycles. The van der Waals surface area contributed by atoms with Crippen LogP contribution in [0.25, 0.3) is 98.4 Å². The van der Waals surface area contributed by atoms with E-state index in [4.69, 9.17) is 0 Å². The molecule has 0 bridgehead atoms. The first-order valence-corrected chi connectivity index (χ1v) is 20.0. The van der Waals surface area contributed by atoms with E-state index in [1.807, 2.05) is 0 Å². The monoisotopic (exact) mass is 718 g/mol. The van der Waals surface area contributed by atoms with Crippen LogP contribution in [0, 0.1) is 0 Å². The number of fused-ring (bicyclic) bond motifs is 16. The third-order valence-electron chi connectivity index (χ3n) is 13.2. The third kappa shape index (κ3) is 4.02. The SMILES string of the molecule is c1ccc2c(c1)-c1ccccc1C21c2cc3cc(-c4c5ccccc5c(-c5cccc6ccccc56)c5ccccc45)ccc3cc2-c2c1ccc1ccccc21. The molecule has 13 rings (SSSR count). The zero-order chi connectivity index (χ0) is 37.2. The fraction of sp³-hybridized carbons (Fsp3) is 0.0175. The zero-order valence-corrected chi connectivity index (χ0v) is 31.1. The summed E-state index contributed by atoms with van der Waals surface area (Å²) in [7, 11) is 0. The molecular weight excluding hydrogens is 685 g/mol. The molecule has 0 saturated heterocycles. The Bertz CT molecular complexity index is 3420. The van der Waals surface area contributed by atoms with Gasteiger partial charge in [-0.05, 0) is 139 Å². The Hall–Kier alpha value is -7.28. The molecule has 0 heteroatoms. The van der Waals surface area contributed by atoms with E-state index in [1.165, 1.54) is 121 Å². The fourth-order valence-electron chi connectivity index (χ4n) is 11.0. The first kappa shape index (κ1) is 31.0. The Morgan fingerprint density at radius 3 is 1.42 bits per heavy atom. The molecule has 0 aromatic heterocycles. The average molecular weight is 719 g/mol. The summed E-state index contributed by atoms with van der Waals surface area (Å²) < 4.78 is 0. The van der Waals surface area contributed by atoms with Gasteiger partial charge in [0, 0.05) is 0 Å². The molecule has 0 radical (unpaired) electrons. The van der Waals surface area contributed by atoms with Crippen LogP contribution in [0.4, 0.5) is 0 Å². The van der Waals surface area contributed by atoms with Gasteiger partial charge in [0.2, 0.25) is 0 Å². The standard InChI is InChI=1S/C57H34/c1-3-17-40-35(14-1)16-13-25-44(40)55-47-23-7-5-21-45(47)54(46-22-6-8-24-48(46)55)38-29-28-37-33-49-53(34-39(37)32-38)57(52-31-30-36-15-2-4-18-41(36)56(49)52)50-26-11-9-19-42(50)43-20-10-12-27-51(43)57/h1-34H. The maximum Gasteiger partial charge on any atom is 0.0725 e. The summed E-state index contributed by atoms with van der Waals surface area (Å²) in [5.74, 6) is 0. The highest BCUT2D eigenvalue weighted by atomic mass is 14.5. The molecule has 262 valence electrons. The molecule has 57 heavy (non-hydrogen) atoms. The van der Waals surface area contributed by atoms with E-state index < -0.39 is 5.41 Å². The third-order valence-corrected chi connectivity index (χ3v) is 13.2. The molecule has 11 aromatic carbocycles. The van der Waals surface area contributed by atoms with Crippen LogP contribution in [0.15, 0.2) is 206 Å². The lowest BCUT2D eigenvalue weighted by Gasteiger charge is -2.30. The van der Waals surface area contributed by atoms with Crippen LogP contribution in [0.1, 0.15) is 22.3 Å². The van der Waals surface area contributed by atoms with Crippen molar-refractivity contribution in [2.75, 3.05) is 0 Å². The quantitative estimate of drug-likeness (QED) is 0.156. The smallest absolute Gasteiger partial charge is 0.0619 e. The van der Waals surface area contributed by atoms with Crippen LogP contribution in [-0.4, -0.2) is 0 Å². The molecule has 0 fully saturated rings. The van der Waals surface area contributed by atoms with Gasteiger partial charge in [-0.15, -0.1) is 0 Å². The van der Waals surface area contributed by atoms with E-state index in [0.717, 1.165) is 0 Å². The second-order valence-electron chi connectivity index (χ2n) is 15.9. The molecule has 11 aromatic rings. The summed E-state index contributed by atoms with van der Waals surface area (Å²) >= 11 is 0. The van der Waals surface area contributed by atoms with Gasteiger partial charge in [-0.2, -0.15) is 0 Å². The molecular formula is C57H34. The van der Waals surface area contributed by atoms with Gasteiger partial charge in [-0.1, -0.05) is 188 Å². The van der Waals surface area contributed by atoms with Crippen LogP contribution in [0.2, 0.25) is 0 Å². The molecule has 1 spiro atoms. The Morgan fingerprint density at radius 1 is 0.228 bits per heavy atom. The van der Waals surface area contributed by atoms with E-state index in [9.17, 15) is 0 Å². The molecule has 0 amide bonds. The fourth-order valence-corrected chi connectivity index (χ4v) is 11.0. The van der Waals surface area contributed by atoms with Crippen molar-refractivity contribution in [1.29, 1.82) is 0 Å². The van der Waals surface area contributed by atoms with Crippen molar-refractivity contribution in [2.45, 2.75) is 5.41 Å². The number of hydrogen-bond acceptors (Lipinski definition) is 0. The van der Waals surface area contributed by atoms with Gasteiger partial charge in [0.05, 0.1) is 5.41 Å². The summed E-state index contributed by atoms with van der Waals surface area (Å²) in [6.07, 6.45) is 0. The summed E-state index contributed by atoms with van der Waals surface area (Å²) in [4.78, 5) is 0. The molecule has 0 aliphatic heterocycles. The van der Waals surface area contributed by atoms with Gasteiger partial charge in [-0.3, -0.25) is 0 Å². The van der Waals surface area contributed by atoms with E-state index in [0.29, 0.717) is 0 Å². The minimum Gasteiger partial charge on any atom is -0.0619 e. The molecule has 0 unspecified atom stereocenters. The van der Waals surface area contributed by atoms with Gasteiger partial charge in [-0.25, -0.2) is 0 Å². The molecule has 0 heterocycles. The summed E-state index contributed by atoms with van der Waals surface area (Å²) in [6, 6.07) is 77.6. The van der Waals surface area contributed by atoms with Crippen molar-refractivity contribution in [3.05, 3.63) is 229 Å². The van der Waals surface area contributed by atoms with E-state index in [-0.39, 0.29) is 0 Å². The minimum absolute atomic E-state index is 0.411. The second-order valence-corrected chi connectivity index (χ2v) is 15.9. The van der Waals surface area contributed by atoms with E-state index >= 15 is 0 Å². The second kappa shape index (κ2) is 11.4. The number of rotatable bonds is 2. The molecule has 2 aliphatic carbocycles. The van der Waals surface area contributed by atoms with Crippen molar-refractivity contribution in [1.82, 2.24) is 0 Å². The summed E-state index contributed by atoms with van der Waals surface area (Å²) in [6.45, 7) is 0. The van der Waals surface area contributed by atoms with Gasteiger partial charge in [0.25, 0.3) is 0 Å². The Labute approximate surface area is 330 Å². The van der Waals surface area contributed by atoms with Gasteiger partial charge < -0.3 is 0 Å². The van der Waals surface area contributed by atoms with E-state index in [1.54, 1.807) is 0 Å². The van der Waals surface area contributed by atoms with Crippen molar-refractivity contribution in [3.8, 4) is 44.5 Å². The van der Waals surface area contributed by atoms with Crippen molar-refractivity contribution < 1.29 is 0 Å².